The SMILES string of the molecule is CCc1ccc(NC(=O)c2cc3c(-c4cc(C(C)(C)OC(=O)CCP(=O)(O)O)ccc4Oc4c(C)cc(F)cc4C)cn(C)c(=O)c3[nH]2)cc1. The minimum absolute atomic E-state index is 0.146. The molecular formula is C37H39FN3O8P. The van der Waals surface area contributed by atoms with Crippen LogP contribution in [0.4, 0.5) is 10.1 Å². The van der Waals surface area contributed by atoms with Crippen molar-refractivity contribution in [2.24, 2.45) is 7.05 Å². The summed E-state index contributed by atoms with van der Waals surface area (Å²) in [5.41, 5.74) is 2.95. The lowest BCUT2D eigenvalue weighted by Gasteiger charge is -2.27. The zero-order chi connectivity index (χ0) is 36.5. The van der Waals surface area contributed by atoms with Gasteiger partial charge in [0.2, 0.25) is 0 Å². The first-order valence-corrected chi connectivity index (χ1v) is 17.7. The Bertz CT molecular complexity index is 2190. The van der Waals surface area contributed by atoms with Crippen molar-refractivity contribution >= 4 is 36.1 Å². The smallest absolute Gasteiger partial charge is 0.326 e. The number of nitrogens with zero attached hydrogens (tertiary/aromatic N) is 1. The number of amides is 1. The lowest BCUT2D eigenvalue weighted by Crippen LogP contribution is -2.26. The van der Waals surface area contributed by atoms with Crippen LogP contribution < -0.4 is 15.6 Å². The van der Waals surface area contributed by atoms with E-state index in [2.05, 4.69) is 10.3 Å². The predicted molar refractivity (Wildman–Crippen MR) is 189 cm³/mol. The molecule has 2 aromatic heterocycles. The Balaban J connectivity index is 1.63. The summed E-state index contributed by atoms with van der Waals surface area (Å²) in [5, 5.41) is 3.28. The highest BCUT2D eigenvalue weighted by molar-refractivity contribution is 7.51. The van der Waals surface area contributed by atoms with E-state index < -0.39 is 43.5 Å². The molecule has 0 atom stereocenters. The van der Waals surface area contributed by atoms with Crippen LogP contribution in [-0.2, 0) is 33.2 Å². The van der Waals surface area contributed by atoms with Gasteiger partial charge in [0, 0.05) is 35.4 Å². The number of aromatic nitrogens is 2. The van der Waals surface area contributed by atoms with Gasteiger partial charge in [-0.05, 0) is 98.8 Å². The molecule has 2 heterocycles. The van der Waals surface area contributed by atoms with Gasteiger partial charge in [-0.1, -0.05) is 25.1 Å². The summed E-state index contributed by atoms with van der Waals surface area (Å²) in [6.45, 7) is 8.75. The second kappa shape index (κ2) is 14.1. The number of carbonyl (C=O) groups excluding carboxylic acids is 2. The van der Waals surface area contributed by atoms with E-state index in [1.165, 1.54) is 16.7 Å². The molecule has 5 rings (SSSR count). The summed E-state index contributed by atoms with van der Waals surface area (Å²) in [6, 6.07) is 16.8. The molecule has 0 saturated heterocycles. The number of benzene rings is 3. The number of aryl methyl sites for hydroxylation is 4. The number of rotatable bonds is 11. The molecule has 3 aromatic carbocycles. The van der Waals surface area contributed by atoms with Crippen LogP contribution in [0.1, 0.15) is 59.9 Å². The fourth-order valence-corrected chi connectivity index (χ4v) is 6.17. The number of ether oxygens (including phenoxy) is 2. The van der Waals surface area contributed by atoms with Crippen LogP contribution in [0.2, 0.25) is 0 Å². The van der Waals surface area contributed by atoms with Crippen LogP contribution in [0.5, 0.6) is 11.5 Å². The normalized spacial score (nSPS) is 11.9. The summed E-state index contributed by atoms with van der Waals surface area (Å²) in [7, 11) is -2.84. The number of pyridine rings is 1. The van der Waals surface area contributed by atoms with Crippen LogP contribution in [0.3, 0.4) is 0 Å². The second-order valence-electron chi connectivity index (χ2n) is 12.7. The highest BCUT2D eigenvalue weighted by Crippen LogP contribution is 2.42. The molecule has 13 heteroatoms. The van der Waals surface area contributed by atoms with Crippen molar-refractivity contribution in [1.82, 2.24) is 9.55 Å². The van der Waals surface area contributed by atoms with Gasteiger partial charge in [0.15, 0.2) is 0 Å². The molecule has 0 aliphatic carbocycles. The van der Waals surface area contributed by atoms with Gasteiger partial charge in [-0.3, -0.25) is 18.9 Å². The summed E-state index contributed by atoms with van der Waals surface area (Å²) in [4.78, 5) is 60.8. The van der Waals surface area contributed by atoms with Crippen molar-refractivity contribution in [1.29, 1.82) is 0 Å². The maximum absolute atomic E-state index is 14.2. The van der Waals surface area contributed by atoms with Gasteiger partial charge in [0.1, 0.15) is 34.1 Å². The number of anilines is 1. The standard InChI is InChI=1S/C37H39FN3O8P/c1-7-23-8-11-26(12-9-23)39-35(43)30-19-28-29(20-41(6)36(44)33(28)40-30)27-18-24(37(4,5)49-32(42)14-15-50(45,46)47)10-13-31(27)48-34-21(2)16-25(38)17-22(34)3/h8-13,16-20,40H,7,14-15H2,1-6H3,(H,39,43)(H2,45,46,47). The quantitative estimate of drug-likeness (QED) is 0.0827. The van der Waals surface area contributed by atoms with Gasteiger partial charge in [0.05, 0.1) is 12.6 Å². The number of aromatic amines is 1. The first-order chi connectivity index (χ1) is 23.5. The van der Waals surface area contributed by atoms with E-state index in [9.17, 15) is 33.1 Å². The Morgan fingerprint density at radius 1 is 1.00 bits per heavy atom. The predicted octanol–water partition coefficient (Wildman–Crippen LogP) is 7.24. The number of carbonyl (C=O) groups is 2. The fourth-order valence-electron chi connectivity index (χ4n) is 5.70. The summed E-state index contributed by atoms with van der Waals surface area (Å²) >= 11 is 0. The molecule has 1 amide bonds. The largest absolute Gasteiger partial charge is 0.456 e. The van der Waals surface area contributed by atoms with E-state index >= 15 is 0 Å². The average molecular weight is 704 g/mol. The number of hydrogen-bond donors (Lipinski definition) is 4. The highest BCUT2D eigenvalue weighted by Gasteiger charge is 2.29. The Morgan fingerprint density at radius 2 is 1.66 bits per heavy atom. The van der Waals surface area contributed by atoms with Crippen LogP contribution in [0, 0.1) is 19.7 Å². The zero-order valence-corrected chi connectivity index (χ0v) is 29.5. The van der Waals surface area contributed by atoms with Crippen molar-refractivity contribution in [2.45, 2.75) is 53.1 Å². The van der Waals surface area contributed by atoms with Gasteiger partial charge >= 0.3 is 13.6 Å². The Morgan fingerprint density at radius 3 is 2.28 bits per heavy atom. The monoisotopic (exact) mass is 703 g/mol. The average Bonchev–Trinajstić information content (AvgIpc) is 3.50. The van der Waals surface area contributed by atoms with Gasteiger partial charge in [-0.15, -0.1) is 0 Å². The van der Waals surface area contributed by atoms with Crippen LogP contribution in [0.25, 0.3) is 22.0 Å². The minimum atomic E-state index is -4.42. The molecule has 0 bridgehead atoms. The molecule has 5 aromatic rings. The number of fused-ring (bicyclic) bond motifs is 1. The molecule has 0 fully saturated rings. The molecule has 0 saturated carbocycles. The van der Waals surface area contributed by atoms with E-state index in [1.807, 2.05) is 19.1 Å². The molecule has 50 heavy (non-hydrogen) atoms. The van der Waals surface area contributed by atoms with Crippen molar-refractivity contribution in [2.75, 3.05) is 11.5 Å². The molecule has 4 N–H and O–H groups in total. The summed E-state index contributed by atoms with van der Waals surface area (Å²) in [6.07, 6.45) is 1.33. The van der Waals surface area contributed by atoms with Crippen molar-refractivity contribution in [3.63, 3.8) is 0 Å². The number of halogens is 1. The van der Waals surface area contributed by atoms with Crippen molar-refractivity contribution < 1.29 is 37.8 Å². The zero-order valence-electron chi connectivity index (χ0n) is 28.6. The lowest BCUT2D eigenvalue weighted by atomic mass is 9.92. The van der Waals surface area contributed by atoms with Crippen LogP contribution >= 0.6 is 7.60 Å². The van der Waals surface area contributed by atoms with Gasteiger partial charge in [-0.25, -0.2) is 4.39 Å². The van der Waals surface area contributed by atoms with E-state index in [4.69, 9.17) is 9.47 Å². The third-order valence-electron chi connectivity index (χ3n) is 8.41. The molecule has 11 nitrogen and oxygen atoms in total. The van der Waals surface area contributed by atoms with Crippen molar-refractivity contribution in [3.05, 3.63) is 111 Å². The molecule has 0 unspecified atom stereocenters. The van der Waals surface area contributed by atoms with E-state index in [-0.39, 0.29) is 16.8 Å². The van der Waals surface area contributed by atoms with Gasteiger partial charge < -0.3 is 34.1 Å². The number of hydrogen-bond acceptors (Lipinski definition) is 6. The first-order valence-electron chi connectivity index (χ1n) is 15.9. The maximum atomic E-state index is 14.2. The topological polar surface area (TPSA) is 160 Å². The van der Waals surface area contributed by atoms with Crippen LogP contribution in [0.15, 0.2) is 71.7 Å². The third-order valence-corrected chi connectivity index (χ3v) is 9.21. The number of esters is 1. The summed E-state index contributed by atoms with van der Waals surface area (Å²) < 4.78 is 39.0. The maximum Gasteiger partial charge on any atom is 0.326 e. The highest BCUT2D eigenvalue weighted by atomic mass is 31.2. The Kier molecular flexibility index (Phi) is 10.2. The molecule has 0 spiro atoms. The molecule has 0 radical (unpaired) electrons. The lowest BCUT2D eigenvalue weighted by molar-refractivity contribution is -0.157. The number of H-pyrrole nitrogens is 1. The Hall–Kier alpha value is -5.03. The summed E-state index contributed by atoms with van der Waals surface area (Å²) in [5.74, 6) is -0.909. The first kappa shape index (κ1) is 36.3. The third kappa shape index (κ3) is 8.05. The van der Waals surface area contributed by atoms with Gasteiger partial charge in [0.25, 0.3) is 11.5 Å². The van der Waals surface area contributed by atoms with Crippen LogP contribution in [-0.4, -0.2) is 37.4 Å². The molecule has 0 aliphatic rings. The van der Waals surface area contributed by atoms with Crippen molar-refractivity contribution in [3.8, 4) is 22.6 Å². The second-order valence-corrected chi connectivity index (χ2v) is 14.5. The van der Waals surface area contributed by atoms with E-state index in [0.717, 1.165) is 12.0 Å². The minimum Gasteiger partial charge on any atom is -0.456 e. The fraction of sp³-hybridized carbons (Fsp3) is 0.270. The molecular weight excluding hydrogens is 664 g/mol. The molecule has 0 aliphatic heterocycles. The Labute approximate surface area is 288 Å². The van der Waals surface area contributed by atoms with E-state index in [1.54, 1.807) is 77.3 Å². The van der Waals surface area contributed by atoms with Gasteiger partial charge in [-0.2, -0.15) is 0 Å². The molecule has 262 valence electrons. The van der Waals surface area contributed by atoms with E-state index in [0.29, 0.717) is 50.4 Å². The number of nitrogens with one attached hydrogen (secondary N) is 2.